The van der Waals surface area contributed by atoms with Gasteiger partial charge in [0.1, 0.15) is 0 Å². The molecule has 0 radical (unpaired) electrons. The smallest absolute Gasteiger partial charge is 0.317 e. The van der Waals surface area contributed by atoms with E-state index in [2.05, 4.69) is 11.2 Å². The van der Waals surface area contributed by atoms with E-state index in [1.165, 1.54) is 12.1 Å². The quantitative estimate of drug-likeness (QED) is 0.796. The number of benzene rings is 1. The molecular weight excluding hydrogens is 239 g/mol. The molecule has 1 atom stereocenters. The monoisotopic (exact) mass is 255 g/mol. The van der Waals surface area contributed by atoms with Gasteiger partial charge in [-0.05, 0) is 37.6 Å². The summed E-state index contributed by atoms with van der Waals surface area (Å²) < 4.78 is 37.1. The summed E-state index contributed by atoms with van der Waals surface area (Å²) >= 11 is 0. The maximum Gasteiger partial charge on any atom is 0.416 e. The first-order valence-electron chi connectivity index (χ1n) is 5.74. The van der Waals surface area contributed by atoms with Crippen LogP contribution in [0, 0.1) is 12.3 Å². The summed E-state index contributed by atoms with van der Waals surface area (Å²) in [5.41, 5.74) is 0.259. The van der Waals surface area contributed by atoms with Crippen molar-refractivity contribution in [3.05, 3.63) is 35.4 Å². The van der Waals surface area contributed by atoms with Crippen LogP contribution < -0.4 is 5.32 Å². The average Bonchev–Trinajstić information content (AvgIpc) is 2.34. The fraction of sp³-hybridized carbons (Fsp3) is 0.429. The van der Waals surface area contributed by atoms with Gasteiger partial charge in [-0.15, -0.1) is 12.3 Å². The van der Waals surface area contributed by atoms with E-state index in [1.54, 1.807) is 0 Å². The highest BCUT2D eigenvalue weighted by molar-refractivity contribution is 5.25. The van der Waals surface area contributed by atoms with Gasteiger partial charge in [0.2, 0.25) is 0 Å². The van der Waals surface area contributed by atoms with E-state index in [-0.39, 0.29) is 6.04 Å². The summed E-state index contributed by atoms with van der Waals surface area (Å²) in [5.74, 6) is 2.56. The molecule has 0 bridgehead atoms. The number of likely N-dealkylation sites (N-methyl/N-ethyl adjacent to an activating group) is 1. The largest absolute Gasteiger partial charge is 0.416 e. The van der Waals surface area contributed by atoms with E-state index >= 15 is 0 Å². The van der Waals surface area contributed by atoms with E-state index in [0.717, 1.165) is 24.1 Å². The van der Waals surface area contributed by atoms with Crippen LogP contribution in [0.5, 0.6) is 0 Å². The van der Waals surface area contributed by atoms with Crippen LogP contribution in [0.15, 0.2) is 24.3 Å². The molecule has 0 aliphatic rings. The second kappa shape index (κ2) is 6.46. The van der Waals surface area contributed by atoms with Crippen molar-refractivity contribution in [1.82, 2.24) is 5.32 Å². The molecule has 1 aromatic rings. The number of hydrogen-bond donors (Lipinski definition) is 1. The SMILES string of the molecule is C#CCCC(Cc1ccc(C(F)(F)F)cc1)NC. The highest BCUT2D eigenvalue weighted by Gasteiger charge is 2.29. The van der Waals surface area contributed by atoms with Crippen LogP contribution >= 0.6 is 0 Å². The Hall–Kier alpha value is -1.47. The molecule has 1 unspecified atom stereocenters. The van der Waals surface area contributed by atoms with Crippen LogP contribution in [0.1, 0.15) is 24.0 Å². The Bertz CT molecular complexity index is 401. The van der Waals surface area contributed by atoms with Crippen LogP contribution in [-0.2, 0) is 12.6 Å². The zero-order valence-corrected chi connectivity index (χ0v) is 10.2. The Morgan fingerprint density at radius 2 is 1.89 bits per heavy atom. The lowest BCUT2D eigenvalue weighted by Crippen LogP contribution is -2.27. The Labute approximate surface area is 105 Å². The third kappa shape index (κ3) is 4.42. The van der Waals surface area contributed by atoms with E-state index < -0.39 is 11.7 Å². The van der Waals surface area contributed by atoms with Gasteiger partial charge in [-0.25, -0.2) is 0 Å². The van der Waals surface area contributed by atoms with Crippen molar-refractivity contribution in [2.75, 3.05) is 7.05 Å². The molecule has 1 rings (SSSR count). The molecule has 0 amide bonds. The van der Waals surface area contributed by atoms with Gasteiger partial charge in [-0.3, -0.25) is 0 Å². The minimum absolute atomic E-state index is 0.192. The Morgan fingerprint density at radius 3 is 2.33 bits per heavy atom. The Kier molecular flexibility index (Phi) is 5.24. The predicted octanol–water partition coefficient (Wildman–Crippen LogP) is 3.25. The van der Waals surface area contributed by atoms with Crippen molar-refractivity contribution < 1.29 is 13.2 Å². The first-order chi connectivity index (χ1) is 8.47. The number of alkyl halides is 3. The molecule has 0 aliphatic carbocycles. The van der Waals surface area contributed by atoms with E-state index in [1.807, 2.05) is 7.05 Å². The fourth-order valence-electron chi connectivity index (χ4n) is 1.72. The van der Waals surface area contributed by atoms with Gasteiger partial charge in [0.05, 0.1) is 5.56 Å². The number of nitrogens with one attached hydrogen (secondary N) is 1. The Morgan fingerprint density at radius 1 is 1.28 bits per heavy atom. The van der Waals surface area contributed by atoms with E-state index in [4.69, 9.17) is 6.42 Å². The maximum atomic E-state index is 12.4. The van der Waals surface area contributed by atoms with Crippen LogP contribution in [0.25, 0.3) is 0 Å². The molecule has 0 fully saturated rings. The standard InChI is InChI=1S/C14H16F3N/c1-3-4-5-13(18-2)10-11-6-8-12(9-7-11)14(15,16)17/h1,6-9,13,18H,4-5,10H2,2H3. The van der Waals surface area contributed by atoms with Gasteiger partial charge in [-0.1, -0.05) is 12.1 Å². The summed E-state index contributed by atoms with van der Waals surface area (Å²) in [5, 5.41) is 3.11. The molecule has 0 spiro atoms. The highest BCUT2D eigenvalue weighted by atomic mass is 19.4. The first-order valence-corrected chi connectivity index (χ1v) is 5.74. The van der Waals surface area contributed by atoms with Gasteiger partial charge >= 0.3 is 6.18 Å². The second-order valence-electron chi connectivity index (χ2n) is 4.13. The molecule has 0 aliphatic heterocycles. The van der Waals surface area contributed by atoms with Crippen LogP contribution in [0.4, 0.5) is 13.2 Å². The zero-order chi connectivity index (χ0) is 13.6. The molecule has 1 aromatic carbocycles. The number of terminal acetylenes is 1. The van der Waals surface area contributed by atoms with Crippen LogP contribution in [-0.4, -0.2) is 13.1 Å². The third-order valence-corrected chi connectivity index (χ3v) is 2.81. The van der Waals surface area contributed by atoms with Gasteiger partial charge < -0.3 is 5.32 Å². The van der Waals surface area contributed by atoms with Gasteiger partial charge in [0.25, 0.3) is 0 Å². The predicted molar refractivity (Wildman–Crippen MR) is 66.1 cm³/mol. The van der Waals surface area contributed by atoms with Crippen molar-refractivity contribution in [3.63, 3.8) is 0 Å². The lowest BCUT2D eigenvalue weighted by Gasteiger charge is -2.15. The van der Waals surface area contributed by atoms with Crippen LogP contribution in [0.3, 0.4) is 0 Å². The van der Waals surface area contributed by atoms with Gasteiger partial charge in [0, 0.05) is 12.5 Å². The van der Waals surface area contributed by atoms with Crippen LogP contribution in [0.2, 0.25) is 0 Å². The van der Waals surface area contributed by atoms with Crippen molar-refractivity contribution in [3.8, 4) is 12.3 Å². The average molecular weight is 255 g/mol. The number of rotatable bonds is 5. The summed E-state index contributed by atoms with van der Waals surface area (Å²) in [6.07, 6.45) is 3.07. The molecule has 1 nitrogen and oxygen atoms in total. The van der Waals surface area contributed by atoms with Crippen molar-refractivity contribution in [1.29, 1.82) is 0 Å². The van der Waals surface area contributed by atoms with Crippen molar-refractivity contribution in [2.45, 2.75) is 31.5 Å². The molecule has 0 heterocycles. The van der Waals surface area contributed by atoms with Gasteiger partial charge in [0.15, 0.2) is 0 Å². The summed E-state index contributed by atoms with van der Waals surface area (Å²) in [7, 11) is 1.82. The summed E-state index contributed by atoms with van der Waals surface area (Å²) in [6.45, 7) is 0. The molecule has 0 saturated carbocycles. The minimum atomic E-state index is -4.27. The summed E-state index contributed by atoms with van der Waals surface area (Å²) in [6, 6.07) is 5.45. The summed E-state index contributed by atoms with van der Waals surface area (Å²) in [4.78, 5) is 0. The topological polar surface area (TPSA) is 12.0 Å². The first kappa shape index (κ1) is 14.6. The fourth-order valence-corrected chi connectivity index (χ4v) is 1.72. The zero-order valence-electron chi connectivity index (χ0n) is 10.2. The normalized spacial score (nSPS) is 13.1. The second-order valence-corrected chi connectivity index (χ2v) is 4.13. The molecule has 1 N–H and O–H groups in total. The van der Waals surface area contributed by atoms with E-state index in [0.29, 0.717) is 12.8 Å². The lowest BCUT2D eigenvalue weighted by atomic mass is 10.0. The van der Waals surface area contributed by atoms with Crippen molar-refractivity contribution in [2.24, 2.45) is 0 Å². The maximum absolute atomic E-state index is 12.4. The minimum Gasteiger partial charge on any atom is -0.317 e. The molecule has 18 heavy (non-hydrogen) atoms. The van der Waals surface area contributed by atoms with Crippen molar-refractivity contribution >= 4 is 0 Å². The number of hydrogen-bond acceptors (Lipinski definition) is 1. The van der Waals surface area contributed by atoms with E-state index in [9.17, 15) is 13.2 Å². The molecule has 4 heteroatoms. The highest BCUT2D eigenvalue weighted by Crippen LogP contribution is 2.29. The molecule has 98 valence electrons. The van der Waals surface area contributed by atoms with Gasteiger partial charge in [-0.2, -0.15) is 13.2 Å². The molecule has 0 saturated heterocycles. The third-order valence-electron chi connectivity index (χ3n) is 2.81. The molecule has 0 aromatic heterocycles. The Balaban J connectivity index is 2.65. The molecular formula is C14H16F3N. The lowest BCUT2D eigenvalue weighted by molar-refractivity contribution is -0.137. The number of halogens is 3.